The molecule has 58 valence electrons. The Hall–Kier alpha value is -0.680. The van der Waals surface area contributed by atoms with Crippen LogP contribution in [0.5, 0.6) is 0 Å². The first kappa shape index (κ1) is 8.42. The van der Waals surface area contributed by atoms with Crippen LogP contribution < -0.4 is 5.32 Å². The van der Waals surface area contributed by atoms with E-state index in [1.165, 1.54) is 6.33 Å². The lowest BCUT2D eigenvalue weighted by atomic mass is 10.3. The third kappa shape index (κ3) is 3.29. The molecule has 0 amide bonds. The Morgan fingerprint density at radius 2 is 2.18 bits per heavy atom. The number of thiocarbonyl (C=S) groups is 1. The summed E-state index contributed by atoms with van der Waals surface area (Å²) in [5.74, 6) is 0. The zero-order valence-electron chi connectivity index (χ0n) is 5.69. The van der Waals surface area contributed by atoms with Gasteiger partial charge in [0, 0.05) is 24.5 Å². The van der Waals surface area contributed by atoms with E-state index in [0.717, 1.165) is 5.56 Å². The number of aromatic nitrogens is 2. The van der Waals surface area contributed by atoms with E-state index in [4.69, 9.17) is 12.2 Å². The topological polar surface area (TPSA) is 37.8 Å². The number of hydrogen-bond donors (Lipinski definition) is 2. The average Bonchev–Trinajstić information content (AvgIpc) is 2.03. The predicted molar refractivity (Wildman–Crippen MR) is 50.5 cm³/mol. The molecule has 0 aliphatic carbocycles. The highest BCUT2D eigenvalue weighted by atomic mass is 32.1. The first-order chi connectivity index (χ1) is 5.29. The Morgan fingerprint density at radius 1 is 1.55 bits per heavy atom. The SMILES string of the molecule is S=C(S)NCc1cncnc1. The van der Waals surface area contributed by atoms with Crippen molar-refractivity contribution >= 4 is 29.2 Å². The molecule has 1 aromatic rings. The van der Waals surface area contributed by atoms with Crippen molar-refractivity contribution in [2.45, 2.75) is 6.54 Å². The molecule has 0 fully saturated rings. The van der Waals surface area contributed by atoms with E-state index in [0.29, 0.717) is 10.9 Å². The third-order valence-electron chi connectivity index (χ3n) is 1.06. The monoisotopic (exact) mass is 185 g/mol. The van der Waals surface area contributed by atoms with Gasteiger partial charge in [0.05, 0.1) is 0 Å². The van der Waals surface area contributed by atoms with E-state index in [2.05, 4.69) is 27.9 Å². The molecular formula is C6H7N3S2. The highest BCUT2D eigenvalue weighted by Gasteiger charge is 1.91. The molecule has 1 heterocycles. The van der Waals surface area contributed by atoms with Crippen LogP contribution in [0.3, 0.4) is 0 Å². The van der Waals surface area contributed by atoms with E-state index in [1.54, 1.807) is 12.4 Å². The van der Waals surface area contributed by atoms with Crippen LogP contribution in [-0.2, 0) is 6.54 Å². The molecule has 1 N–H and O–H groups in total. The van der Waals surface area contributed by atoms with Crippen LogP contribution in [0.25, 0.3) is 0 Å². The van der Waals surface area contributed by atoms with Crippen molar-refractivity contribution in [1.29, 1.82) is 0 Å². The molecule has 0 saturated heterocycles. The Bertz CT molecular complexity index is 237. The van der Waals surface area contributed by atoms with Gasteiger partial charge in [-0.1, -0.05) is 12.2 Å². The van der Waals surface area contributed by atoms with E-state index in [1.807, 2.05) is 0 Å². The van der Waals surface area contributed by atoms with Crippen molar-refractivity contribution in [3.63, 3.8) is 0 Å². The van der Waals surface area contributed by atoms with Crippen LogP contribution in [0, 0.1) is 0 Å². The van der Waals surface area contributed by atoms with Crippen LogP contribution in [0.2, 0.25) is 0 Å². The van der Waals surface area contributed by atoms with Gasteiger partial charge in [-0.2, -0.15) is 0 Å². The summed E-state index contributed by atoms with van der Waals surface area (Å²) in [6.45, 7) is 0.628. The Labute approximate surface area is 75.7 Å². The predicted octanol–water partition coefficient (Wildman–Crippen LogP) is 0.781. The molecule has 0 spiro atoms. The summed E-state index contributed by atoms with van der Waals surface area (Å²) in [5, 5.41) is 2.88. The van der Waals surface area contributed by atoms with Crippen LogP contribution in [-0.4, -0.2) is 14.3 Å². The lowest BCUT2D eigenvalue weighted by Gasteiger charge is -2.00. The quantitative estimate of drug-likeness (QED) is 0.527. The molecule has 11 heavy (non-hydrogen) atoms. The van der Waals surface area contributed by atoms with Crippen LogP contribution in [0.1, 0.15) is 5.56 Å². The average molecular weight is 185 g/mol. The van der Waals surface area contributed by atoms with E-state index < -0.39 is 0 Å². The van der Waals surface area contributed by atoms with Crippen LogP contribution in [0.15, 0.2) is 18.7 Å². The normalized spacial score (nSPS) is 9.18. The summed E-state index contributed by atoms with van der Waals surface area (Å²) < 4.78 is 0.480. The van der Waals surface area contributed by atoms with Gasteiger partial charge in [-0.3, -0.25) is 0 Å². The largest absolute Gasteiger partial charge is 0.367 e. The smallest absolute Gasteiger partial charge is 0.130 e. The number of hydrogen-bond acceptors (Lipinski definition) is 3. The number of nitrogens with zero attached hydrogens (tertiary/aromatic N) is 2. The molecule has 1 aromatic heterocycles. The molecule has 5 heteroatoms. The van der Waals surface area contributed by atoms with Crippen molar-refractivity contribution < 1.29 is 0 Å². The molecule has 3 nitrogen and oxygen atoms in total. The Balaban J connectivity index is 2.45. The molecule has 0 bridgehead atoms. The molecule has 0 saturated carbocycles. The maximum Gasteiger partial charge on any atom is 0.130 e. The standard InChI is InChI=1S/C6H7N3S2/c10-6(11)9-3-5-1-7-4-8-2-5/h1-2,4H,3H2,(H2,9,10,11). The lowest BCUT2D eigenvalue weighted by molar-refractivity contribution is 0.913. The fraction of sp³-hybridized carbons (Fsp3) is 0.167. The van der Waals surface area contributed by atoms with Gasteiger partial charge in [-0.05, 0) is 0 Å². The minimum atomic E-state index is 0.480. The van der Waals surface area contributed by atoms with Gasteiger partial charge in [0.2, 0.25) is 0 Å². The van der Waals surface area contributed by atoms with Crippen molar-refractivity contribution in [2.24, 2.45) is 0 Å². The summed E-state index contributed by atoms with van der Waals surface area (Å²) in [4.78, 5) is 7.69. The van der Waals surface area contributed by atoms with Crippen molar-refractivity contribution in [3.05, 3.63) is 24.3 Å². The van der Waals surface area contributed by atoms with Crippen molar-refractivity contribution in [3.8, 4) is 0 Å². The summed E-state index contributed by atoms with van der Waals surface area (Å²) >= 11 is 8.61. The van der Waals surface area contributed by atoms with Crippen molar-refractivity contribution in [2.75, 3.05) is 0 Å². The summed E-state index contributed by atoms with van der Waals surface area (Å²) in [5.41, 5.74) is 0.990. The van der Waals surface area contributed by atoms with E-state index in [-0.39, 0.29) is 0 Å². The molecule has 0 aliphatic rings. The van der Waals surface area contributed by atoms with Gasteiger partial charge in [0.15, 0.2) is 0 Å². The highest BCUT2D eigenvalue weighted by Crippen LogP contribution is 1.92. The first-order valence-corrected chi connectivity index (χ1v) is 3.85. The maximum absolute atomic E-state index is 4.71. The molecule has 0 aliphatic heterocycles. The lowest BCUT2D eigenvalue weighted by Crippen LogP contribution is -2.15. The maximum atomic E-state index is 4.71. The second-order valence-electron chi connectivity index (χ2n) is 1.91. The molecule has 0 aromatic carbocycles. The van der Waals surface area contributed by atoms with Gasteiger partial charge in [0.25, 0.3) is 0 Å². The zero-order valence-corrected chi connectivity index (χ0v) is 7.40. The van der Waals surface area contributed by atoms with Crippen LogP contribution in [0.4, 0.5) is 0 Å². The Kier molecular flexibility index (Phi) is 3.25. The van der Waals surface area contributed by atoms with Gasteiger partial charge >= 0.3 is 0 Å². The molecule has 0 radical (unpaired) electrons. The second-order valence-corrected chi connectivity index (χ2v) is 3.06. The fourth-order valence-corrected chi connectivity index (χ4v) is 0.750. The van der Waals surface area contributed by atoms with E-state index in [9.17, 15) is 0 Å². The highest BCUT2D eigenvalue weighted by molar-refractivity contribution is 8.11. The van der Waals surface area contributed by atoms with Crippen LogP contribution >= 0.6 is 24.8 Å². The second kappa shape index (κ2) is 4.25. The van der Waals surface area contributed by atoms with Gasteiger partial charge in [-0.25, -0.2) is 9.97 Å². The number of nitrogens with one attached hydrogen (secondary N) is 1. The zero-order chi connectivity index (χ0) is 8.10. The third-order valence-corrected chi connectivity index (χ3v) is 1.36. The summed E-state index contributed by atoms with van der Waals surface area (Å²) in [7, 11) is 0. The molecular weight excluding hydrogens is 178 g/mol. The first-order valence-electron chi connectivity index (χ1n) is 2.99. The molecule has 1 rings (SSSR count). The number of rotatable bonds is 2. The summed E-state index contributed by atoms with van der Waals surface area (Å²) in [6.07, 6.45) is 4.95. The minimum Gasteiger partial charge on any atom is -0.367 e. The Morgan fingerprint density at radius 3 is 2.73 bits per heavy atom. The van der Waals surface area contributed by atoms with Gasteiger partial charge < -0.3 is 5.32 Å². The minimum absolute atomic E-state index is 0.480. The summed E-state index contributed by atoms with van der Waals surface area (Å²) in [6, 6.07) is 0. The molecule has 0 unspecified atom stereocenters. The molecule has 0 atom stereocenters. The number of thiol groups is 1. The fourth-order valence-electron chi connectivity index (χ4n) is 0.599. The van der Waals surface area contributed by atoms with E-state index >= 15 is 0 Å². The van der Waals surface area contributed by atoms with Gasteiger partial charge in [-0.15, -0.1) is 12.6 Å². The van der Waals surface area contributed by atoms with Crippen molar-refractivity contribution in [1.82, 2.24) is 15.3 Å². The van der Waals surface area contributed by atoms with Gasteiger partial charge in [0.1, 0.15) is 10.6 Å².